The first-order valence-electron chi connectivity index (χ1n) is 16.0. The van der Waals surface area contributed by atoms with Crippen LogP contribution in [0.5, 0.6) is 11.5 Å². The highest BCUT2D eigenvalue weighted by Gasteiger charge is 2.47. The van der Waals surface area contributed by atoms with Gasteiger partial charge in [0.05, 0.1) is 31.5 Å². The fourth-order valence-corrected chi connectivity index (χ4v) is 5.62. The molecule has 48 heavy (non-hydrogen) atoms. The quantitative estimate of drug-likeness (QED) is 0.106. The maximum atomic E-state index is 15.7. The predicted molar refractivity (Wildman–Crippen MR) is 183 cm³/mol. The second-order valence-corrected chi connectivity index (χ2v) is 18.9. The Hall–Kier alpha value is -3.55. The van der Waals surface area contributed by atoms with Gasteiger partial charge < -0.3 is 38.3 Å². The van der Waals surface area contributed by atoms with E-state index in [4.69, 9.17) is 33.2 Å². The summed E-state index contributed by atoms with van der Waals surface area (Å²) >= 11 is 0. The number of carbonyl (C=O) groups excluding carboxylic acids is 2. The zero-order chi connectivity index (χ0) is 35.5. The topological polar surface area (TPSA) is 119 Å². The van der Waals surface area contributed by atoms with Gasteiger partial charge in [0.25, 0.3) is 0 Å². The van der Waals surface area contributed by atoms with Crippen LogP contribution in [0, 0.1) is 0 Å². The molecule has 0 amide bonds. The Morgan fingerprint density at radius 2 is 1.79 bits per heavy atom. The third kappa shape index (κ3) is 11.8. The summed E-state index contributed by atoms with van der Waals surface area (Å²) in [6.07, 6.45) is 0.759. The zero-order valence-electron chi connectivity index (χ0n) is 29.1. The molecule has 1 saturated heterocycles. The lowest BCUT2D eigenvalue weighted by molar-refractivity contribution is -0.154. The van der Waals surface area contributed by atoms with E-state index < -0.39 is 56.0 Å². The second-order valence-electron chi connectivity index (χ2n) is 13.2. The molecule has 0 saturated carbocycles. The van der Waals surface area contributed by atoms with Gasteiger partial charge in [0.2, 0.25) is 0 Å². The average Bonchev–Trinajstić information content (AvgIpc) is 3.34. The van der Waals surface area contributed by atoms with Gasteiger partial charge in [-0.3, -0.25) is 0 Å². The summed E-state index contributed by atoms with van der Waals surface area (Å²) < 4.78 is 55.7. The molecule has 0 bridgehead atoms. The Morgan fingerprint density at radius 1 is 1.08 bits per heavy atom. The van der Waals surface area contributed by atoms with E-state index in [1.54, 1.807) is 68.5 Å². The Bertz CT molecular complexity index is 1420. The van der Waals surface area contributed by atoms with Crippen molar-refractivity contribution in [3.8, 4) is 11.5 Å². The van der Waals surface area contributed by atoms with Crippen molar-refractivity contribution in [1.82, 2.24) is 0 Å². The van der Waals surface area contributed by atoms with E-state index in [1.807, 2.05) is 0 Å². The second kappa shape index (κ2) is 17.7. The Balaban J connectivity index is 1.95. The predicted octanol–water partition coefficient (Wildman–Crippen LogP) is 6.95. The van der Waals surface area contributed by atoms with Crippen molar-refractivity contribution in [3.05, 3.63) is 77.1 Å². The Kier molecular flexibility index (Phi) is 14.4. The van der Waals surface area contributed by atoms with E-state index in [2.05, 4.69) is 19.6 Å². The normalized spacial score (nSPS) is 19.2. The molecular formula is C36H49FO10Si. The third-order valence-electron chi connectivity index (χ3n) is 7.32. The first-order chi connectivity index (χ1) is 22.6. The van der Waals surface area contributed by atoms with E-state index >= 15 is 4.39 Å². The van der Waals surface area contributed by atoms with Crippen LogP contribution in [0.3, 0.4) is 0 Å². The first kappa shape index (κ1) is 38.9. The summed E-state index contributed by atoms with van der Waals surface area (Å²) in [5, 5.41) is 9.78. The van der Waals surface area contributed by atoms with Gasteiger partial charge in [-0.25, -0.2) is 14.0 Å². The van der Waals surface area contributed by atoms with Crippen LogP contribution in [-0.4, -0.2) is 82.9 Å². The Labute approximate surface area is 283 Å². The van der Waals surface area contributed by atoms with E-state index in [0.717, 1.165) is 6.04 Å². The molecule has 3 rings (SSSR count). The fourth-order valence-electron chi connectivity index (χ4n) is 4.91. The van der Waals surface area contributed by atoms with Gasteiger partial charge in [0, 0.05) is 21.3 Å². The summed E-state index contributed by atoms with van der Waals surface area (Å²) in [4.78, 5) is 26.5. The maximum Gasteiger partial charge on any atom is 0.342 e. The molecule has 1 aliphatic rings. The van der Waals surface area contributed by atoms with Gasteiger partial charge in [-0.05, 0) is 69.5 Å². The van der Waals surface area contributed by atoms with E-state index in [1.165, 1.54) is 27.2 Å². The smallest absolute Gasteiger partial charge is 0.342 e. The van der Waals surface area contributed by atoms with Gasteiger partial charge in [-0.2, -0.15) is 0 Å². The molecule has 0 radical (unpaired) electrons. The fraction of sp³-hybridized carbons (Fsp3) is 0.500. The molecule has 2 aromatic carbocycles. The molecule has 1 fully saturated rings. The number of rotatable bonds is 17. The lowest BCUT2D eigenvalue weighted by Crippen LogP contribution is -2.39. The van der Waals surface area contributed by atoms with Gasteiger partial charge in [0.1, 0.15) is 29.0 Å². The number of halogens is 1. The number of esters is 2. The van der Waals surface area contributed by atoms with Gasteiger partial charge >= 0.3 is 11.9 Å². The lowest BCUT2D eigenvalue weighted by atomic mass is 10.0. The van der Waals surface area contributed by atoms with Crippen LogP contribution in [0.1, 0.15) is 59.9 Å². The van der Waals surface area contributed by atoms with Crippen LogP contribution < -0.4 is 9.47 Å². The van der Waals surface area contributed by atoms with Gasteiger partial charge in [0.15, 0.2) is 18.7 Å². The van der Waals surface area contributed by atoms with Crippen molar-refractivity contribution in [1.29, 1.82) is 0 Å². The summed E-state index contributed by atoms with van der Waals surface area (Å²) in [6, 6.07) is 12.3. The van der Waals surface area contributed by atoms with Crippen molar-refractivity contribution in [2.24, 2.45) is 0 Å². The minimum atomic E-state index is -1.46. The number of ether oxygens (including phenoxy) is 7. The molecule has 10 nitrogen and oxygen atoms in total. The lowest BCUT2D eigenvalue weighted by Gasteiger charge is -2.25. The monoisotopic (exact) mass is 688 g/mol. The van der Waals surface area contributed by atoms with E-state index in [9.17, 15) is 14.7 Å². The first-order valence-corrected chi connectivity index (χ1v) is 19.7. The SMILES string of the molecule is COCOc1cc(OC)cc(/C=C/C[C@@H]2OC(C)(C)O[C@@H]2C(OC(=O)c2ccccc2)/C(F)=C\C[C@@H](C)O)c1C(=O)OCC[Si](C)(C)C. The summed E-state index contributed by atoms with van der Waals surface area (Å²) in [7, 11) is 1.51. The number of hydrogen-bond donors (Lipinski definition) is 1. The maximum absolute atomic E-state index is 15.7. The van der Waals surface area contributed by atoms with Crippen LogP contribution in [0.15, 0.2) is 60.4 Å². The molecule has 1 aliphatic heterocycles. The van der Waals surface area contributed by atoms with Crippen LogP contribution in [0.4, 0.5) is 4.39 Å². The minimum absolute atomic E-state index is 0.00684. The molecule has 0 aliphatic carbocycles. The van der Waals surface area contributed by atoms with E-state index in [-0.39, 0.29) is 43.1 Å². The van der Waals surface area contributed by atoms with Crippen LogP contribution >= 0.6 is 0 Å². The molecule has 2 aromatic rings. The minimum Gasteiger partial charge on any atom is -0.497 e. The summed E-state index contributed by atoms with van der Waals surface area (Å²) in [6.45, 7) is 11.7. The third-order valence-corrected chi connectivity index (χ3v) is 9.02. The molecule has 264 valence electrons. The molecule has 1 unspecified atom stereocenters. The Morgan fingerprint density at radius 3 is 2.42 bits per heavy atom. The van der Waals surface area contributed by atoms with E-state index in [0.29, 0.717) is 11.3 Å². The molecular weight excluding hydrogens is 639 g/mol. The highest BCUT2D eigenvalue weighted by atomic mass is 28.3. The van der Waals surface area contributed by atoms with Crippen molar-refractivity contribution >= 4 is 26.1 Å². The number of aliphatic hydroxyl groups excluding tert-OH is 1. The van der Waals surface area contributed by atoms with Crippen molar-refractivity contribution in [3.63, 3.8) is 0 Å². The standard InChI is InChI=1S/C36H49FO10Si/c1-24(38)17-18-28(37)32(45-34(39)25-13-10-9-11-14-25)33-29(46-36(2,3)47-33)16-12-15-26-21-27(42-5)22-30(44-23-41-4)31(26)35(40)43-19-20-48(6,7)8/h9-15,18,21-22,24,29,32-33,38H,16-17,19-20,23H2,1-8H3/b15-12+,28-18+/t24-,29+,32?,33+/m1/s1. The van der Waals surface area contributed by atoms with Crippen molar-refractivity contribution in [2.45, 2.75) is 89.5 Å². The number of hydrogen-bond acceptors (Lipinski definition) is 10. The van der Waals surface area contributed by atoms with Crippen LogP contribution in [0.25, 0.3) is 6.08 Å². The van der Waals surface area contributed by atoms with Crippen LogP contribution in [-0.2, 0) is 23.7 Å². The molecule has 0 aromatic heterocycles. The number of methoxy groups -OCH3 is 2. The zero-order valence-corrected chi connectivity index (χ0v) is 30.1. The van der Waals surface area contributed by atoms with Crippen molar-refractivity contribution in [2.75, 3.05) is 27.6 Å². The highest BCUT2D eigenvalue weighted by Crippen LogP contribution is 2.37. The van der Waals surface area contributed by atoms with Gasteiger partial charge in [-0.15, -0.1) is 0 Å². The molecule has 4 atom stereocenters. The molecule has 12 heteroatoms. The van der Waals surface area contributed by atoms with Gasteiger partial charge in [-0.1, -0.05) is 50.0 Å². The average molecular weight is 689 g/mol. The molecule has 1 heterocycles. The van der Waals surface area contributed by atoms with Crippen LogP contribution in [0.2, 0.25) is 25.7 Å². The number of aliphatic hydroxyl groups is 1. The molecule has 1 N–H and O–H groups in total. The summed E-state index contributed by atoms with van der Waals surface area (Å²) in [5.41, 5.74) is 0.902. The number of carbonyl (C=O) groups is 2. The largest absolute Gasteiger partial charge is 0.497 e. The summed E-state index contributed by atoms with van der Waals surface area (Å²) in [5.74, 6) is -2.52. The molecule has 0 spiro atoms. The highest BCUT2D eigenvalue weighted by molar-refractivity contribution is 6.76. The van der Waals surface area contributed by atoms with Crippen molar-refractivity contribution < 1.29 is 52.2 Å². The number of benzene rings is 2.